The lowest BCUT2D eigenvalue weighted by Gasteiger charge is -2.17. The summed E-state index contributed by atoms with van der Waals surface area (Å²) in [5, 5.41) is 7.36. The number of anilines is 1. The normalized spacial score (nSPS) is 11.8. The van der Waals surface area contributed by atoms with Crippen LogP contribution in [0.4, 0.5) is 5.69 Å². The molecule has 7 nitrogen and oxygen atoms in total. The Labute approximate surface area is 146 Å². The fourth-order valence-electron chi connectivity index (χ4n) is 2.21. The van der Waals surface area contributed by atoms with E-state index < -0.39 is 15.9 Å². The molecule has 1 heterocycles. The van der Waals surface area contributed by atoms with E-state index in [9.17, 15) is 13.2 Å². The maximum atomic E-state index is 12.5. The molecule has 0 aliphatic carbocycles. The fourth-order valence-corrected chi connectivity index (χ4v) is 3.46. The van der Waals surface area contributed by atoms with Gasteiger partial charge in [0.25, 0.3) is 0 Å². The lowest BCUT2D eigenvalue weighted by Crippen LogP contribution is -2.35. The highest BCUT2D eigenvalue weighted by atomic mass is 35.5. The summed E-state index contributed by atoms with van der Waals surface area (Å²) in [4.78, 5) is 12.3. The van der Waals surface area contributed by atoms with Gasteiger partial charge in [-0.3, -0.25) is 9.48 Å². The van der Waals surface area contributed by atoms with Gasteiger partial charge in [-0.2, -0.15) is 9.40 Å². The highest BCUT2D eigenvalue weighted by Gasteiger charge is 2.23. The molecule has 1 amide bonds. The fraction of sp³-hybridized carbons (Fsp3) is 0.333. The number of nitrogens with zero attached hydrogens (tertiary/aromatic N) is 3. The smallest absolute Gasteiger partial charge is 0.243 e. The third-order valence-electron chi connectivity index (χ3n) is 3.66. The molecule has 1 N–H and O–H groups in total. The van der Waals surface area contributed by atoms with Crippen molar-refractivity contribution in [2.24, 2.45) is 7.05 Å². The Morgan fingerprint density at radius 1 is 1.29 bits per heavy atom. The average molecular weight is 371 g/mol. The van der Waals surface area contributed by atoms with Crippen LogP contribution in [-0.2, 0) is 21.9 Å². The molecule has 0 bridgehead atoms. The summed E-state index contributed by atoms with van der Waals surface area (Å²) in [5.41, 5.74) is 2.07. The van der Waals surface area contributed by atoms with Gasteiger partial charge in [0.05, 0.1) is 28.5 Å². The van der Waals surface area contributed by atoms with E-state index in [-0.39, 0.29) is 11.4 Å². The lowest BCUT2D eigenvalue weighted by molar-refractivity contribution is -0.116. The Hall–Kier alpha value is -1.90. The molecule has 2 rings (SSSR count). The number of likely N-dealkylation sites (N-methyl/N-ethyl adjacent to an activating group) is 1. The Morgan fingerprint density at radius 2 is 1.88 bits per heavy atom. The number of benzene rings is 1. The molecule has 9 heteroatoms. The summed E-state index contributed by atoms with van der Waals surface area (Å²) in [6, 6.07) is 5.79. The Kier molecular flexibility index (Phi) is 5.32. The Balaban J connectivity index is 2.12. The zero-order valence-corrected chi connectivity index (χ0v) is 15.4. The number of hydrogen-bond donors (Lipinski definition) is 1. The van der Waals surface area contributed by atoms with Crippen LogP contribution in [0.2, 0.25) is 5.02 Å². The quantitative estimate of drug-likeness (QED) is 0.871. The third kappa shape index (κ3) is 3.77. The molecular formula is C15H19ClN4O3S. The number of nitrogens with one attached hydrogen (secondary N) is 1. The molecular weight excluding hydrogens is 352 g/mol. The van der Waals surface area contributed by atoms with Gasteiger partial charge in [0.15, 0.2) is 0 Å². The highest BCUT2D eigenvalue weighted by molar-refractivity contribution is 7.89. The maximum absolute atomic E-state index is 12.5. The first-order valence-electron chi connectivity index (χ1n) is 7.15. The van der Waals surface area contributed by atoms with Crippen LogP contribution in [0.1, 0.15) is 11.4 Å². The predicted molar refractivity (Wildman–Crippen MR) is 92.6 cm³/mol. The van der Waals surface area contributed by atoms with Crippen LogP contribution in [0.15, 0.2) is 29.2 Å². The van der Waals surface area contributed by atoms with Gasteiger partial charge in [-0.1, -0.05) is 11.6 Å². The van der Waals surface area contributed by atoms with Gasteiger partial charge in [0, 0.05) is 19.1 Å². The molecule has 1 aromatic heterocycles. The number of sulfonamides is 1. The minimum Gasteiger partial charge on any atom is -0.322 e. The van der Waals surface area contributed by atoms with Crippen molar-refractivity contribution in [2.75, 3.05) is 18.9 Å². The second-order valence-corrected chi connectivity index (χ2v) is 7.91. The van der Waals surface area contributed by atoms with E-state index in [2.05, 4.69) is 10.4 Å². The minimum atomic E-state index is -3.77. The van der Waals surface area contributed by atoms with E-state index in [0.717, 1.165) is 10.00 Å². The highest BCUT2D eigenvalue weighted by Crippen LogP contribution is 2.20. The van der Waals surface area contributed by atoms with E-state index in [4.69, 9.17) is 11.6 Å². The van der Waals surface area contributed by atoms with Crippen molar-refractivity contribution in [3.63, 3.8) is 0 Å². The number of aryl methyl sites for hydroxylation is 2. The topological polar surface area (TPSA) is 84.3 Å². The van der Waals surface area contributed by atoms with Gasteiger partial charge in [-0.25, -0.2) is 8.42 Å². The van der Waals surface area contributed by atoms with Gasteiger partial charge < -0.3 is 5.32 Å². The first kappa shape index (κ1) is 18.4. The summed E-state index contributed by atoms with van der Waals surface area (Å²) >= 11 is 5.77. The molecule has 0 unspecified atom stereocenters. The summed E-state index contributed by atoms with van der Waals surface area (Å²) < 4.78 is 27.6. The molecule has 0 saturated heterocycles. The van der Waals surface area contributed by atoms with E-state index in [1.807, 2.05) is 6.92 Å². The van der Waals surface area contributed by atoms with Crippen molar-refractivity contribution >= 4 is 33.2 Å². The second kappa shape index (κ2) is 6.92. The SMILES string of the molecule is Cc1nn(C)c(C)c1NC(=O)CN(C)S(=O)(=O)c1ccc(Cl)cc1. The molecule has 0 aliphatic rings. The van der Waals surface area contributed by atoms with Gasteiger partial charge in [-0.05, 0) is 38.1 Å². The number of halogens is 1. The zero-order chi connectivity index (χ0) is 18.1. The van der Waals surface area contributed by atoms with Gasteiger partial charge >= 0.3 is 0 Å². The average Bonchev–Trinajstić information content (AvgIpc) is 2.74. The number of carbonyl (C=O) groups excluding carboxylic acids is 1. The summed E-state index contributed by atoms with van der Waals surface area (Å²) in [6.45, 7) is 3.29. The Morgan fingerprint density at radius 3 is 2.38 bits per heavy atom. The molecule has 0 spiro atoms. The van der Waals surface area contributed by atoms with Crippen molar-refractivity contribution in [3.05, 3.63) is 40.7 Å². The van der Waals surface area contributed by atoms with Crippen LogP contribution in [0, 0.1) is 13.8 Å². The minimum absolute atomic E-state index is 0.0796. The van der Waals surface area contributed by atoms with Gasteiger partial charge in [-0.15, -0.1) is 0 Å². The van der Waals surface area contributed by atoms with E-state index in [0.29, 0.717) is 16.4 Å². The molecule has 130 valence electrons. The lowest BCUT2D eigenvalue weighted by atomic mass is 10.3. The van der Waals surface area contributed by atoms with Crippen molar-refractivity contribution in [2.45, 2.75) is 18.7 Å². The summed E-state index contributed by atoms with van der Waals surface area (Å²) in [5.74, 6) is -0.436. The number of rotatable bonds is 5. The van der Waals surface area contributed by atoms with Crippen LogP contribution in [-0.4, -0.2) is 42.0 Å². The third-order valence-corrected chi connectivity index (χ3v) is 5.73. The number of hydrogen-bond acceptors (Lipinski definition) is 4. The number of carbonyl (C=O) groups is 1. The van der Waals surface area contributed by atoms with Crippen LogP contribution in [0.25, 0.3) is 0 Å². The summed E-state index contributed by atoms with van der Waals surface area (Å²) in [7, 11) is -0.639. The number of aromatic nitrogens is 2. The van der Waals surface area contributed by atoms with Crippen LogP contribution in [0.3, 0.4) is 0 Å². The zero-order valence-electron chi connectivity index (χ0n) is 13.9. The van der Waals surface area contributed by atoms with Gasteiger partial charge in [0.1, 0.15) is 0 Å². The predicted octanol–water partition coefficient (Wildman–Crippen LogP) is 1.95. The van der Waals surface area contributed by atoms with Crippen molar-refractivity contribution in [1.82, 2.24) is 14.1 Å². The Bertz CT molecular complexity index is 860. The van der Waals surface area contributed by atoms with E-state index in [1.165, 1.54) is 31.3 Å². The molecule has 2 aromatic rings. The second-order valence-electron chi connectivity index (χ2n) is 5.43. The monoisotopic (exact) mass is 370 g/mol. The molecule has 1 aromatic carbocycles. The molecule has 24 heavy (non-hydrogen) atoms. The molecule has 0 saturated carbocycles. The number of amides is 1. The van der Waals surface area contributed by atoms with Crippen LogP contribution in [0.5, 0.6) is 0 Å². The van der Waals surface area contributed by atoms with E-state index in [1.54, 1.807) is 18.7 Å². The van der Waals surface area contributed by atoms with Crippen molar-refractivity contribution < 1.29 is 13.2 Å². The van der Waals surface area contributed by atoms with Crippen molar-refractivity contribution in [3.8, 4) is 0 Å². The standard InChI is InChI=1S/C15H19ClN4O3S/c1-10-15(11(2)20(4)18-10)17-14(21)9-19(3)24(22,23)13-7-5-12(16)6-8-13/h5-8H,9H2,1-4H3,(H,17,21). The summed E-state index contributed by atoms with van der Waals surface area (Å²) in [6.07, 6.45) is 0. The molecule has 0 radical (unpaired) electrons. The largest absolute Gasteiger partial charge is 0.322 e. The van der Waals surface area contributed by atoms with Crippen LogP contribution < -0.4 is 5.32 Å². The first-order chi connectivity index (χ1) is 11.1. The van der Waals surface area contributed by atoms with Gasteiger partial charge in [0.2, 0.25) is 15.9 Å². The first-order valence-corrected chi connectivity index (χ1v) is 8.96. The molecule has 0 atom stereocenters. The molecule has 0 aliphatic heterocycles. The van der Waals surface area contributed by atoms with E-state index >= 15 is 0 Å². The van der Waals surface area contributed by atoms with Crippen LogP contribution >= 0.6 is 11.6 Å². The maximum Gasteiger partial charge on any atom is 0.243 e. The molecule has 0 fully saturated rings. The van der Waals surface area contributed by atoms with Crippen molar-refractivity contribution in [1.29, 1.82) is 0 Å².